The standard InChI is InChI=1S/C16H25NO3/c1-6-12-11-14(19-5)8-7-13(12)9-10-17-15(18)20-16(2,3)4/h7-8,11H,6,9-10H2,1-5H3,(H,17,18). The molecule has 112 valence electrons. The Bertz CT molecular complexity index is 450. The first-order valence-corrected chi connectivity index (χ1v) is 6.98. The Balaban J connectivity index is 2.52. The first-order valence-electron chi connectivity index (χ1n) is 6.98. The van der Waals surface area contributed by atoms with Crippen LogP contribution in [0.2, 0.25) is 0 Å². The van der Waals surface area contributed by atoms with Crippen LogP contribution >= 0.6 is 0 Å². The van der Waals surface area contributed by atoms with Crippen LogP contribution in [0, 0.1) is 0 Å². The van der Waals surface area contributed by atoms with Crippen molar-refractivity contribution in [3.63, 3.8) is 0 Å². The third kappa shape index (κ3) is 5.51. The second-order valence-electron chi connectivity index (χ2n) is 5.67. The topological polar surface area (TPSA) is 47.6 Å². The molecule has 0 aliphatic carbocycles. The van der Waals surface area contributed by atoms with E-state index in [4.69, 9.17) is 9.47 Å². The van der Waals surface area contributed by atoms with Crippen molar-refractivity contribution in [2.75, 3.05) is 13.7 Å². The number of aryl methyl sites for hydroxylation is 1. The summed E-state index contributed by atoms with van der Waals surface area (Å²) in [6.45, 7) is 8.23. The van der Waals surface area contributed by atoms with Crippen molar-refractivity contribution < 1.29 is 14.3 Å². The van der Waals surface area contributed by atoms with Crippen LogP contribution in [0.1, 0.15) is 38.8 Å². The summed E-state index contributed by atoms with van der Waals surface area (Å²) in [5, 5.41) is 2.78. The SMILES string of the molecule is CCc1cc(OC)ccc1CCNC(=O)OC(C)(C)C. The van der Waals surface area contributed by atoms with E-state index in [2.05, 4.69) is 18.3 Å². The Hall–Kier alpha value is -1.71. The fraction of sp³-hybridized carbons (Fsp3) is 0.562. The van der Waals surface area contributed by atoms with Crippen LogP contribution in [0.3, 0.4) is 0 Å². The van der Waals surface area contributed by atoms with E-state index in [0.29, 0.717) is 6.54 Å². The third-order valence-electron chi connectivity index (χ3n) is 2.86. The number of hydrogen-bond acceptors (Lipinski definition) is 3. The van der Waals surface area contributed by atoms with Crippen LogP contribution in [-0.4, -0.2) is 25.3 Å². The zero-order valence-corrected chi connectivity index (χ0v) is 13.1. The average Bonchev–Trinajstić information content (AvgIpc) is 2.36. The Morgan fingerprint density at radius 3 is 2.50 bits per heavy atom. The molecular formula is C16H25NO3. The number of alkyl carbamates (subject to hydrolysis) is 1. The molecule has 0 aromatic heterocycles. The lowest BCUT2D eigenvalue weighted by molar-refractivity contribution is 0.0528. The van der Waals surface area contributed by atoms with E-state index >= 15 is 0 Å². The molecule has 1 N–H and O–H groups in total. The highest BCUT2D eigenvalue weighted by atomic mass is 16.6. The highest BCUT2D eigenvalue weighted by molar-refractivity contribution is 5.67. The summed E-state index contributed by atoms with van der Waals surface area (Å²) in [5.74, 6) is 0.866. The van der Waals surface area contributed by atoms with E-state index in [1.54, 1.807) is 7.11 Å². The van der Waals surface area contributed by atoms with Crippen LogP contribution in [0.4, 0.5) is 4.79 Å². The van der Waals surface area contributed by atoms with Gasteiger partial charge in [0.05, 0.1) is 7.11 Å². The lowest BCUT2D eigenvalue weighted by Crippen LogP contribution is -2.33. The Morgan fingerprint density at radius 1 is 1.25 bits per heavy atom. The summed E-state index contributed by atoms with van der Waals surface area (Å²) in [4.78, 5) is 11.6. The van der Waals surface area contributed by atoms with Gasteiger partial charge in [0.1, 0.15) is 11.4 Å². The van der Waals surface area contributed by atoms with Gasteiger partial charge in [-0.1, -0.05) is 13.0 Å². The van der Waals surface area contributed by atoms with Crippen molar-refractivity contribution >= 4 is 6.09 Å². The largest absolute Gasteiger partial charge is 0.497 e. The van der Waals surface area contributed by atoms with Crippen LogP contribution in [0.5, 0.6) is 5.75 Å². The second kappa shape index (κ2) is 7.17. The van der Waals surface area contributed by atoms with Crippen molar-refractivity contribution in [3.8, 4) is 5.75 Å². The number of benzene rings is 1. The molecule has 0 aliphatic rings. The molecule has 0 bridgehead atoms. The Labute approximate surface area is 121 Å². The summed E-state index contributed by atoms with van der Waals surface area (Å²) in [5.41, 5.74) is 2.01. The molecule has 0 atom stereocenters. The van der Waals surface area contributed by atoms with Gasteiger partial charge in [-0.3, -0.25) is 0 Å². The summed E-state index contributed by atoms with van der Waals surface area (Å²) < 4.78 is 10.4. The molecule has 1 aromatic carbocycles. The van der Waals surface area contributed by atoms with Gasteiger partial charge in [-0.05, 0) is 56.9 Å². The van der Waals surface area contributed by atoms with Gasteiger partial charge in [0, 0.05) is 6.54 Å². The third-order valence-corrected chi connectivity index (χ3v) is 2.86. The van der Waals surface area contributed by atoms with E-state index in [-0.39, 0.29) is 6.09 Å². The number of hydrogen-bond donors (Lipinski definition) is 1. The maximum Gasteiger partial charge on any atom is 0.407 e. The average molecular weight is 279 g/mol. The number of rotatable bonds is 5. The van der Waals surface area contributed by atoms with Crippen molar-refractivity contribution in [3.05, 3.63) is 29.3 Å². The van der Waals surface area contributed by atoms with Crippen LogP contribution < -0.4 is 10.1 Å². The molecular weight excluding hydrogens is 254 g/mol. The van der Waals surface area contributed by atoms with Gasteiger partial charge >= 0.3 is 6.09 Å². The van der Waals surface area contributed by atoms with Crippen molar-refractivity contribution in [2.24, 2.45) is 0 Å². The van der Waals surface area contributed by atoms with E-state index in [1.807, 2.05) is 32.9 Å². The normalized spacial score (nSPS) is 11.1. The summed E-state index contributed by atoms with van der Waals surface area (Å²) in [6, 6.07) is 6.04. The predicted octanol–water partition coefficient (Wildman–Crippen LogP) is 3.32. The fourth-order valence-corrected chi connectivity index (χ4v) is 1.92. The van der Waals surface area contributed by atoms with Crippen molar-refractivity contribution in [1.82, 2.24) is 5.32 Å². The number of ether oxygens (including phenoxy) is 2. The maximum absolute atomic E-state index is 11.6. The van der Waals surface area contributed by atoms with Crippen LogP contribution in [-0.2, 0) is 17.6 Å². The van der Waals surface area contributed by atoms with Crippen molar-refractivity contribution in [2.45, 2.75) is 46.1 Å². The lowest BCUT2D eigenvalue weighted by Gasteiger charge is -2.19. The molecule has 0 radical (unpaired) electrons. The first kappa shape index (κ1) is 16.3. The van der Waals surface area contributed by atoms with Gasteiger partial charge < -0.3 is 14.8 Å². The molecule has 4 heteroatoms. The molecule has 4 nitrogen and oxygen atoms in total. The van der Waals surface area contributed by atoms with E-state index in [9.17, 15) is 4.79 Å². The minimum Gasteiger partial charge on any atom is -0.497 e. The molecule has 0 unspecified atom stereocenters. The highest BCUT2D eigenvalue weighted by Gasteiger charge is 2.15. The molecule has 0 saturated carbocycles. The molecule has 1 amide bonds. The number of methoxy groups -OCH3 is 1. The molecule has 20 heavy (non-hydrogen) atoms. The minimum absolute atomic E-state index is 0.371. The first-order chi connectivity index (χ1) is 9.35. The Kier molecular flexibility index (Phi) is 5.86. The maximum atomic E-state index is 11.6. The van der Waals surface area contributed by atoms with Crippen LogP contribution in [0.15, 0.2) is 18.2 Å². The van der Waals surface area contributed by atoms with Gasteiger partial charge in [-0.2, -0.15) is 0 Å². The number of nitrogens with one attached hydrogen (secondary N) is 1. The summed E-state index contributed by atoms with van der Waals surface area (Å²) in [6.07, 6.45) is 1.36. The zero-order chi connectivity index (χ0) is 15.2. The molecule has 1 rings (SSSR count). The van der Waals surface area contributed by atoms with Gasteiger partial charge in [0.15, 0.2) is 0 Å². The summed E-state index contributed by atoms with van der Waals surface area (Å²) in [7, 11) is 1.67. The molecule has 0 saturated heterocycles. The Morgan fingerprint density at radius 2 is 1.95 bits per heavy atom. The smallest absolute Gasteiger partial charge is 0.407 e. The van der Waals surface area contributed by atoms with Crippen LogP contribution in [0.25, 0.3) is 0 Å². The van der Waals surface area contributed by atoms with E-state index in [0.717, 1.165) is 18.6 Å². The van der Waals surface area contributed by atoms with E-state index < -0.39 is 5.60 Å². The van der Waals surface area contributed by atoms with Gasteiger partial charge in [0.25, 0.3) is 0 Å². The minimum atomic E-state index is -0.460. The molecule has 1 aromatic rings. The quantitative estimate of drug-likeness (QED) is 0.899. The molecule has 0 aliphatic heterocycles. The molecule has 0 fully saturated rings. The zero-order valence-electron chi connectivity index (χ0n) is 13.1. The van der Waals surface area contributed by atoms with Gasteiger partial charge in [-0.25, -0.2) is 4.79 Å². The second-order valence-corrected chi connectivity index (χ2v) is 5.67. The monoisotopic (exact) mass is 279 g/mol. The van der Waals surface area contributed by atoms with Crippen molar-refractivity contribution in [1.29, 1.82) is 0 Å². The van der Waals surface area contributed by atoms with Gasteiger partial charge in [-0.15, -0.1) is 0 Å². The summed E-state index contributed by atoms with van der Waals surface area (Å²) >= 11 is 0. The fourth-order valence-electron chi connectivity index (χ4n) is 1.92. The van der Waals surface area contributed by atoms with Gasteiger partial charge in [0.2, 0.25) is 0 Å². The number of amides is 1. The molecule has 0 spiro atoms. The number of carbonyl (C=O) groups excluding carboxylic acids is 1. The highest BCUT2D eigenvalue weighted by Crippen LogP contribution is 2.18. The molecule has 0 heterocycles. The lowest BCUT2D eigenvalue weighted by atomic mass is 10.0. The number of carbonyl (C=O) groups is 1. The van der Waals surface area contributed by atoms with E-state index in [1.165, 1.54) is 11.1 Å². The predicted molar refractivity (Wildman–Crippen MR) is 80.3 cm³/mol.